The Labute approximate surface area is 201 Å². The molecule has 0 aliphatic carbocycles. The highest BCUT2D eigenvalue weighted by molar-refractivity contribution is 6.04. The van der Waals surface area contributed by atoms with Gasteiger partial charge >= 0.3 is 0 Å². The van der Waals surface area contributed by atoms with Crippen molar-refractivity contribution >= 4 is 11.6 Å². The van der Waals surface area contributed by atoms with Gasteiger partial charge in [0, 0.05) is 23.2 Å². The molecule has 2 atom stereocenters. The van der Waals surface area contributed by atoms with E-state index in [9.17, 15) is 4.79 Å². The summed E-state index contributed by atoms with van der Waals surface area (Å²) in [5.74, 6) is 2.77. The number of ether oxygens (including phenoxy) is 2. The molecule has 2 aliphatic rings. The van der Waals surface area contributed by atoms with E-state index in [0.717, 1.165) is 23.8 Å². The number of amides is 1. The third kappa shape index (κ3) is 5.60. The quantitative estimate of drug-likeness (QED) is 0.449. The van der Waals surface area contributed by atoms with Gasteiger partial charge in [-0.1, -0.05) is 24.6 Å². The Kier molecular flexibility index (Phi) is 7.10. The van der Waals surface area contributed by atoms with E-state index in [2.05, 4.69) is 10.2 Å². The molecule has 0 spiro atoms. The summed E-state index contributed by atoms with van der Waals surface area (Å²) in [6.07, 6.45) is 6.51. The SMILES string of the molecule is O=C(Nc1ccc(OC[C@@H]2CCCN3CCCC[C@H]23)cc1)c1ccc(Oc2ccccc2)cc1. The molecule has 0 saturated carbocycles. The van der Waals surface area contributed by atoms with Crippen molar-refractivity contribution in [1.29, 1.82) is 0 Å². The number of carbonyl (C=O) groups is 1. The zero-order chi connectivity index (χ0) is 23.2. The maximum Gasteiger partial charge on any atom is 0.255 e. The van der Waals surface area contributed by atoms with E-state index >= 15 is 0 Å². The van der Waals surface area contributed by atoms with E-state index in [0.29, 0.717) is 23.3 Å². The Morgan fingerprint density at radius 2 is 1.50 bits per heavy atom. The van der Waals surface area contributed by atoms with Crippen LogP contribution in [0.2, 0.25) is 0 Å². The number of fused-ring (bicyclic) bond motifs is 1. The average Bonchev–Trinajstić information content (AvgIpc) is 2.89. The van der Waals surface area contributed by atoms with Crippen molar-refractivity contribution in [3.63, 3.8) is 0 Å². The zero-order valence-electron chi connectivity index (χ0n) is 19.5. The van der Waals surface area contributed by atoms with Gasteiger partial charge in [0.25, 0.3) is 5.91 Å². The second-order valence-corrected chi connectivity index (χ2v) is 9.23. The van der Waals surface area contributed by atoms with Gasteiger partial charge in [-0.05, 0) is 99.4 Å². The predicted octanol–water partition coefficient (Wildman–Crippen LogP) is 6.37. The van der Waals surface area contributed by atoms with Crippen molar-refractivity contribution in [3.8, 4) is 17.2 Å². The minimum atomic E-state index is -0.153. The highest BCUT2D eigenvalue weighted by Crippen LogP contribution is 2.31. The molecule has 1 N–H and O–H groups in total. The summed E-state index contributed by atoms with van der Waals surface area (Å²) in [6.45, 7) is 3.26. The molecule has 176 valence electrons. The largest absolute Gasteiger partial charge is 0.493 e. The molecule has 5 nitrogen and oxygen atoms in total. The van der Waals surface area contributed by atoms with Gasteiger partial charge in [-0.3, -0.25) is 9.69 Å². The van der Waals surface area contributed by atoms with Gasteiger partial charge in [-0.15, -0.1) is 0 Å². The van der Waals surface area contributed by atoms with Crippen LogP contribution in [0, 0.1) is 5.92 Å². The van der Waals surface area contributed by atoms with Crippen molar-refractivity contribution in [2.45, 2.75) is 38.1 Å². The first kappa shape index (κ1) is 22.5. The van der Waals surface area contributed by atoms with Gasteiger partial charge in [-0.25, -0.2) is 0 Å². The fourth-order valence-corrected chi connectivity index (χ4v) is 5.11. The van der Waals surface area contributed by atoms with Crippen molar-refractivity contribution in [1.82, 2.24) is 4.90 Å². The van der Waals surface area contributed by atoms with Gasteiger partial charge in [0.15, 0.2) is 0 Å². The van der Waals surface area contributed by atoms with Gasteiger partial charge in [0.1, 0.15) is 17.2 Å². The lowest BCUT2D eigenvalue weighted by Crippen LogP contribution is -2.49. The minimum Gasteiger partial charge on any atom is -0.493 e. The van der Waals surface area contributed by atoms with Crippen molar-refractivity contribution in [3.05, 3.63) is 84.4 Å². The third-order valence-corrected chi connectivity index (χ3v) is 6.90. The van der Waals surface area contributed by atoms with Crippen LogP contribution < -0.4 is 14.8 Å². The lowest BCUT2D eigenvalue weighted by molar-refractivity contribution is 0.0366. The lowest BCUT2D eigenvalue weighted by atomic mass is 9.84. The molecule has 0 unspecified atom stereocenters. The van der Waals surface area contributed by atoms with E-state index in [1.54, 1.807) is 24.3 Å². The molecular formula is C29H32N2O3. The topological polar surface area (TPSA) is 50.8 Å². The third-order valence-electron chi connectivity index (χ3n) is 6.90. The summed E-state index contributed by atoms with van der Waals surface area (Å²) in [5.41, 5.74) is 1.33. The second-order valence-electron chi connectivity index (χ2n) is 9.23. The van der Waals surface area contributed by atoms with E-state index in [1.807, 2.05) is 54.6 Å². The van der Waals surface area contributed by atoms with Crippen LogP contribution in [0.1, 0.15) is 42.5 Å². The molecule has 2 saturated heterocycles. The number of piperidine rings is 2. The molecule has 5 rings (SSSR count). The average molecular weight is 457 g/mol. The highest BCUT2D eigenvalue weighted by Gasteiger charge is 2.33. The van der Waals surface area contributed by atoms with E-state index in [-0.39, 0.29) is 5.91 Å². The monoisotopic (exact) mass is 456 g/mol. The van der Waals surface area contributed by atoms with Crippen LogP contribution in [0.4, 0.5) is 5.69 Å². The summed E-state index contributed by atoms with van der Waals surface area (Å²) >= 11 is 0. The number of rotatable bonds is 7. The summed E-state index contributed by atoms with van der Waals surface area (Å²) in [5, 5.41) is 2.96. The molecule has 2 fully saturated rings. The first-order valence-corrected chi connectivity index (χ1v) is 12.4. The maximum atomic E-state index is 12.6. The molecule has 0 radical (unpaired) electrons. The number of anilines is 1. The molecule has 34 heavy (non-hydrogen) atoms. The minimum absolute atomic E-state index is 0.153. The summed E-state index contributed by atoms with van der Waals surface area (Å²) in [7, 11) is 0. The highest BCUT2D eigenvalue weighted by atomic mass is 16.5. The van der Waals surface area contributed by atoms with Gasteiger partial charge in [0.2, 0.25) is 0 Å². The zero-order valence-corrected chi connectivity index (χ0v) is 19.5. The number of nitrogens with one attached hydrogen (secondary N) is 1. The Balaban J connectivity index is 1.12. The molecule has 2 aliphatic heterocycles. The van der Waals surface area contributed by atoms with Gasteiger partial charge < -0.3 is 14.8 Å². The van der Waals surface area contributed by atoms with Crippen LogP contribution in [0.25, 0.3) is 0 Å². The molecule has 5 heteroatoms. The molecule has 0 aromatic heterocycles. The standard InChI is InChI=1S/C29H32N2O3/c32-29(22-11-15-27(16-12-22)34-26-8-2-1-3-9-26)30-24-13-17-25(18-14-24)33-21-23-7-6-20-31-19-5-4-10-28(23)31/h1-3,8-9,11-18,23,28H,4-7,10,19-21H2,(H,30,32)/t23-,28+/m0/s1. The molecular weight excluding hydrogens is 424 g/mol. The van der Waals surface area contributed by atoms with Crippen LogP contribution in [-0.4, -0.2) is 36.5 Å². The number of hydrogen-bond acceptors (Lipinski definition) is 4. The number of hydrogen-bond donors (Lipinski definition) is 1. The number of nitrogens with zero attached hydrogens (tertiary/aromatic N) is 1. The number of para-hydroxylation sites is 1. The smallest absolute Gasteiger partial charge is 0.255 e. The fourth-order valence-electron chi connectivity index (χ4n) is 5.11. The van der Waals surface area contributed by atoms with Crippen LogP contribution >= 0.6 is 0 Å². The molecule has 2 heterocycles. The first-order chi connectivity index (χ1) is 16.7. The van der Waals surface area contributed by atoms with Crippen molar-refractivity contribution < 1.29 is 14.3 Å². The van der Waals surface area contributed by atoms with Gasteiger partial charge in [0.05, 0.1) is 6.61 Å². The summed E-state index contributed by atoms with van der Waals surface area (Å²) in [6, 6.07) is 25.1. The fraction of sp³-hybridized carbons (Fsp3) is 0.345. The maximum absolute atomic E-state index is 12.6. The normalized spacial score (nSPS) is 20.2. The second kappa shape index (κ2) is 10.7. The van der Waals surface area contributed by atoms with Gasteiger partial charge in [-0.2, -0.15) is 0 Å². The van der Waals surface area contributed by atoms with E-state index in [4.69, 9.17) is 9.47 Å². The molecule has 0 bridgehead atoms. The number of benzene rings is 3. The van der Waals surface area contributed by atoms with Crippen LogP contribution in [0.3, 0.4) is 0 Å². The van der Waals surface area contributed by atoms with Crippen molar-refractivity contribution in [2.24, 2.45) is 5.92 Å². The summed E-state index contributed by atoms with van der Waals surface area (Å²) < 4.78 is 11.9. The lowest BCUT2D eigenvalue weighted by Gasteiger charge is -2.44. The number of carbonyl (C=O) groups excluding carboxylic acids is 1. The Morgan fingerprint density at radius 3 is 2.29 bits per heavy atom. The predicted molar refractivity (Wildman–Crippen MR) is 135 cm³/mol. The van der Waals surface area contributed by atoms with E-state index in [1.165, 1.54) is 45.2 Å². The van der Waals surface area contributed by atoms with Crippen LogP contribution in [-0.2, 0) is 0 Å². The van der Waals surface area contributed by atoms with Crippen molar-refractivity contribution in [2.75, 3.05) is 25.0 Å². The Bertz CT molecular complexity index is 1060. The van der Waals surface area contributed by atoms with Crippen LogP contribution in [0.15, 0.2) is 78.9 Å². The van der Waals surface area contributed by atoms with E-state index < -0.39 is 0 Å². The molecule has 3 aromatic rings. The molecule has 1 amide bonds. The summed E-state index contributed by atoms with van der Waals surface area (Å²) in [4.78, 5) is 15.3. The Hall–Kier alpha value is -3.31. The molecule has 3 aromatic carbocycles. The Morgan fingerprint density at radius 1 is 0.794 bits per heavy atom. The van der Waals surface area contributed by atoms with Crippen LogP contribution in [0.5, 0.6) is 17.2 Å². The first-order valence-electron chi connectivity index (χ1n) is 12.4.